The Morgan fingerprint density at radius 1 is 1.17 bits per heavy atom. The van der Waals surface area contributed by atoms with Crippen molar-refractivity contribution in [3.63, 3.8) is 0 Å². The summed E-state index contributed by atoms with van der Waals surface area (Å²) in [6.45, 7) is 7.22. The van der Waals surface area contributed by atoms with Crippen LogP contribution in [0.15, 0.2) is 0 Å². The molecule has 1 saturated heterocycles. The van der Waals surface area contributed by atoms with E-state index in [-0.39, 0.29) is 12.0 Å². The number of carbonyl (C=O) groups excluding carboxylic acids is 1. The van der Waals surface area contributed by atoms with Gasteiger partial charge in [-0.3, -0.25) is 4.79 Å². The molecule has 4 heteroatoms. The van der Waals surface area contributed by atoms with Gasteiger partial charge in [0, 0.05) is 37.6 Å². The van der Waals surface area contributed by atoms with Crippen molar-refractivity contribution in [2.45, 2.75) is 45.2 Å². The van der Waals surface area contributed by atoms with E-state index in [1.807, 2.05) is 0 Å². The van der Waals surface area contributed by atoms with E-state index >= 15 is 0 Å². The highest BCUT2D eigenvalue weighted by Gasteiger charge is 2.35. The fourth-order valence-electron chi connectivity index (χ4n) is 3.56. The van der Waals surface area contributed by atoms with Crippen molar-refractivity contribution in [3.05, 3.63) is 0 Å². The Kier molecular flexibility index (Phi) is 4.28. The predicted molar refractivity (Wildman–Crippen MR) is 73.2 cm³/mol. The normalized spacial score (nSPS) is 38.8. The van der Waals surface area contributed by atoms with Crippen LogP contribution < -0.4 is 5.73 Å². The second-order valence-corrected chi connectivity index (χ2v) is 6.41. The highest BCUT2D eigenvalue weighted by Crippen LogP contribution is 2.30. The number of carbonyl (C=O) groups is 1. The Balaban J connectivity index is 1.98. The van der Waals surface area contributed by atoms with E-state index in [4.69, 9.17) is 5.73 Å². The van der Waals surface area contributed by atoms with Crippen LogP contribution >= 0.6 is 0 Å². The number of likely N-dealkylation sites (N-methyl/N-ethyl adjacent to an activating group) is 1. The summed E-state index contributed by atoms with van der Waals surface area (Å²) in [4.78, 5) is 17.0. The van der Waals surface area contributed by atoms with Crippen LogP contribution in [0.3, 0.4) is 0 Å². The first-order chi connectivity index (χ1) is 8.47. The van der Waals surface area contributed by atoms with Crippen LogP contribution in [0.2, 0.25) is 0 Å². The Bertz CT molecular complexity index is 297. The van der Waals surface area contributed by atoms with E-state index in [9.17, 15) is 4.79 Å². The molecule has 2 aliphatic rings. The van der Waals surface area contributed by atoms with Gasteiger partial charge in [0.25, 0.3) is 0 Å². The molecule has 0 radical (unpaired) electrons. The van der Waals surface area contributed by atoms with Gasteiger partial charge in [0.05, 0.1) is 0 Å². The van der Waals surface area contributed by atoms with Crippen LogP contribution in [0, 0.1) is 11.8 Å². The zero-order chi connectivity index (χ0) is 13.3. The summed E-state index contributed by atoms with van der Waals surface area (Å²) in [5.41, 5.74) is 6.06. The molecule has 2 fully saturated rings. The molecule has 1 amide bonds. The molecule has 2 N–H and O–H groups in total. The lowest BCUT2D eigenvalue weighted by molar-refractivity contribution is -0.141. The highest BCUT2D eigenvalue weighted by molar-refractivity contribution is 5.79. The van der Waals surface area contributed by atoms with E-state index in [1.54, 1.807) is 0 Å². The third-order valence-electron chi connectivity index (χ3n) is 4.44. The monoisotopic (exact) mass is 253 g/mol. The Morgan fingerprint density at radius 2 is 1.89 bits per heavy atom. The Labute approximate surface area is 110 Å². The molecule has 1 saturated carbocycles. The van der Waals surface area contributed by atoms with Crippen molar-refractivity contribution in [1.29, 1.82) is 0 Å². The number of hydrogen-bond acceptors (Lipinski definition) is 3. The van der Waals surface area contributed by atoms with E-state index in [1.165, 1.54) is 0 Å². The van der Waals surface area contributed by atoms with Crippen molar-refractivity contribution in [2.75, 3.05) is 26.7 Å². The molecule has 0 aromatic carbocycles. The van der Waals surface area contributed by atoms with Gasteiger partial charge in [-0.2, -0.15) is 0 Å². The molecule has 104 valence electrons. The summed E-state index contributed by atoms with van der Waals surface area (Å²) in [5, 5.41) is 0. The van der Waals surface area contributed by atoms with Crippen molar-refractivity contribution >= 4 is 5.91 Å². The summed E-state index contributed by atoms with van der Waals surface area (Å²) in [6, 6.07) is 0.551. The van der Waals surface area contributed by atoms with Crippen molar-refractivity contribution < 1.29 is 4.79 Å². The smallest absolute Gasteiger partial charge is 0.226 e. The van der Waals surface area contributed by atoms with Crippen molar-refractivity contribution in [3.8, 4) is 0 Å². The molecule has 1 aliphatic carbocycles. The molecule has 4 unspecified atom stereocenters. The van der Waals surface area contributed by atoms with E-state index in [0.717, 1.165) is 38.9 Å². The van der Waals surface area contributed by atoms with Crippen LogP contribution in [-0.4, -0.2) is 54.5 Å². The lowest BCUT2D eigenvalue weighted by Crippen LogP contribution is -2.55. The molecular weight excluding hydrogens is 226 g/mol. The molecule has 0 aromatic heterocycles. The third-order valence-corrected chi connectivity index (χ3v) is 4.44. The van der Waals surface area contributed by atoms with Gasteiger partial charge in [0.15, 0.2) is 0 Å². The van der Waals surface area contributed by atoms with Gasteiger partial charge in [0.2, 0.25) is 5.91 Å². The maximum absolute atomic E-state index is 12.6. The van der Waals surface area contributed by atoms with Crippen LogP contribution in [0.4, 0.5) is 0 Å². The molecular formula is C14H27N3O. The van der Waals surface area contributed by atoms with Crippen molar-refractivity contribution in [1.82, 2.24) is 9.80 Å². The van der Waals surface area contributed by atoms with Gasteiger partial charge in [-0.15, -0.1) is 0 Å². The SMILES string of the molecule is CC1CC(N)CC(C(=O)N2CCN(C)CC2C)C1. The Morgan fingerprint density at radius 3 is 2.50 bits per heavy atom. The number of hydrogen-bond donors (Lipinski definition) is 1. The van der Waals surface area contributed by atoms with Gasteiger partial charge in [-0.05, 0) is 39.2 Å². The summed E-state index contributed by atoms with van der Waals surface area (Å²) >= 11 is 0. The van der Waals surface area contributed by atoms with Gasteiger partial charge in [-0.25, -0.2) is 0 Å². The molecule has 2 rings (SSSR count). The van der Waals surface area contributed by atoms with E-state index < -0.39 is 0 Å². The largest absolute Gasteiger partial charge is 0.337 e. The molecule has 1 aliphatic heterocycles. The lowest BCUT2D eigenvalue weighted by atomic mass is 9.79. The molecule has 0 bridgehead atoms. The van der Waals surface area contributed by atoms with Crippen LogP contribution in [-0.2, 0) is 4.79 Å². The second-order valence-electron chi connectivity index (χ2n) is 6.41. The van der Waals surface area contributed by atoms with Crippen LogP contribution in [0.1, 0.15) is 33.1 Å². The van der Waals surface area contributed by atoms with Gasteiger partial charge >= 0.3 is 0 Å². The quantitative estimate of drug-likeness (QED) is 0.756. The van der Waals surface area contributed by atoms with Crippen LogP contribution in [0.25, 0.3) is 0 Å². The standard InChI is InChI=1S/C14H27N3O/c1-10-6-12(8-13(15)7-10)14(18)17-5-4-16(3)9-11(17)2/h10-13H,4-9,15H2,1-3H3. The average molecular weight is 253 g/mol. The number of nitrogens with zero attached hydrogens (tertiary/aromatic N) is 2. The first-order valence-electron chi connectivity index (χ1n) is 7.22. The molecule has 1 heterocycles. The zero-order valence-corrected chi connectivity index (χ0v) is 11.9. The summed E-state index contributed by atoms with van der Waals surface area (Å²) in [7, 11) is 2.12. The molecule has 0 aromatic rings. The predicted octanol–water partition coefficient (Wildman–Crippen LogP) is 0.912. The number of amides is 1. The maximum atomic E-state index is 12.6. The zero-order valence-electron chi connectivity index (χ0n) is 11.9. The minimum absolute atomic E-state index is 0.162. The topological polar surface area (TPSA) is 49.6 Å². The van der Waals surface area contributed by atoms with Gasteiger partial charge in [-0.1, -0.05) is 6.92 Å². The summed E-state index contributed by atoms with van der Waals surface area (Å²) in [5.74, 6) is 1.10. The maximum Gasteiger partial charge on any atom is 0.226 e. The molecule has 0 spiro atoms. The highest BCUT2D eigenvalue weighted by atomic mass is 16.2. The third kappa shape index (κ3) is 3.04. The summed E-state index contributed by atoms with van der Waals surface area (Å²) in [6.07, 6.45) is 2.97. The first kappa shape index (κ1) is 13.8. The minimum atomic E-state index is 0.162. The molecule has 4 atom stereocenters. The fraction of sp³-hybridized carbons (Fsp3) is 0.929. The molecule has 4 nitrogen and oxygen atoms in total. The number of nitrogens with two attached hydrogens (primary N) is 1. The molecule has 18 heavy (non-hydrogen) atoms. The second kappa shape index (κ2) is 5.57. The summed E-state index contributed by atoms with van der Waals surface area (Å²) < 4.78 is 0. The van der Waals surface area contributed by atoms with Gasteiger partial charge < -0.3 is 15.5 Å². The van der Waals surface area contributed by atoms with Crippen molar-refractivity contribution in [2.24, 2.45) is 17.6 Å². The Hall–Kier alpha value is -0.610. The first-order valence-corrected chi connectivity index (χ1v) is 7.22. The average Bonchev–Trinajstić information content (AvgIpc) is 2.26. The fourth-order valence-corrected chi connectivity index (χ4v) is 3.56. The van der Waals surface area contributed by atoms with E-state index in [0.29, 0.717) is 17.9 Å². The lowest BCUT2D eigenvalue weighted by Gasteiger charge is -2.41. The minimum Gasteiger partial charge on any atom is -0.337 e. The van der Waals surface area contributed by atoms with Crippen LogP contribution in [0.5, 0.6) is 0 Å². The van der Waals surface area contributed by atoms with Gasteiger partial charge in [0.1, 0.15) is 0 Å². The number of rotatable bonds is 1. The number of piperazine rings is 1. The van der Waals surface area contributed by atoms with E-state index in [2.05, 4.69) is 30.7 Å².